The molecule has 2 N–H and O–H groups in total. The molecule has 3 aromatic rings. The third-order valence-electron chi connectivity index (χ3n) is 4.12. The Kier molecular flexibility index (Phi) is 5.78. The van der Waals surface area contributed by atoms with Crippen LogP contribution in [0.3, 0.4) is 0 Å². The number of imidazole rings is 1. The van der Waals surface area contributed by atoms with Gasteiger partial charge in [-0.1, -0.05) is 25.0 Å². The summed E-state index contributed by atoms with van der Waals surface area (Å²) in [5.74, 6) is 2.30. The minimum Gasteiger partial charge on any atom is -0.310 e. The molecule has 0 bridgehead atoms. The van der Waals surface area contributed by atoms with E-state index in [2.05, 4.69) is 20.9 Å². The highest BCUT2D eigenvalue weighted by atomic mass is 32.2. The van der Waals surface area contributed by atoms with E-state index < -0.39 is 10.0 Å². The Labute approximate surface area is 163 Å². The van der Waals surface area contributed by atoms with Crippen molar-refractivity contribution in [2.75, 3.05) is 11.9 Å². The quantitative estimate of drug-likeness (QED) is 0.601. The molecule has 0 fully saturated rings. The zero-order chi connectivity index (χ0) is 20.1. The number of hydrogen-bond donors (Lipinski definition) is 2. The number of carbonyl (C=O) groups is 1. The lowest BCUT2D eigenvalue weighted by molar-refractivity contribution is 0.102. The lowest BCUT2D eigenvalue weighted by atomic mass is 10.2. The van der Waals surface area contributed by atoms with Crippen LogP contribution >= 0.6 is 0 Å². The number of para-hydroxylation sites is 2. The predicted octanol–water partition coefficient (Wildman–Crippen LogP) is 2.61. The molecular weight excluding hydrogens is 376 g/mol. The highest BCUT2D eigenvalue weighted by Crippen LogP contribution is 2.21. The molecule has 2 aromatic carbocycles. The van der Waals surface area contributed by atoms with Crippen LogP contribution in [0.25, 0.3) is 11.0 Å². The molecular formula is C20H20N4O3S. The van der Waals surface area contributed by atoms with Gasteiger partial charge in [0.25, 0.3) is 5.91 Å². The first kappa shape index (κ1) is 19.6. The van der Waals surface area contributed by atoms with Gasteiger partial charge in [-0.3, -0.25) is 10.1 Å². The average molecular weight is 396 g/mol. The van der Waals surface area contributed by atoms with Gasteiger partial charge in [0.05, 0.1) is 22.5 Å². The summed E-state index contributed by atoms with van der Waals surface area (Å²) in [6, 6.07) is 13.3. The number of aryl methyl sites for hydroxylation is 1. The summed E-state index contributed by atoms with van der Waals surface area (Å²) in [7, 11) is -3.70. The highest BCUT2D eigenvalue weighted by Gasteiger charge is 2.16. The second-order valence-corrected chi connectivity index (χ2v) is 7.85. The molecule has 7 nitrogen and oxygen atoms in total. The number of sulfonamides is 1. The molecule has 8 heteroatoms. The SMILES string of the molecule is C#CCNS(=O)(=O)c1ccc(C(=O)Nc2nc3ccccc3n2CCC)cc1. The van der Waals surface area contributed by atoms with Gasteiger partial charge in [0.2, 0.25) is 16.0 Å². The Morgan fingerprint density at radius 3 is 2.57 bits per heavy atom. The summed E-state index contributed by atoms with van der Waals surface area (Å²) in [6.45, 7) is 2.67. The molecule has 28 heavy (non-hydrogen) atoms. The second-order valence-electron chi connectivity index (χ2n) is 6.08. The largest absolute Gasteiger partial charge is 0.310 e. The van der Waals surface area contributed by atoms with Crippen LogP contribution in [-0.4, -0.2) is 30.4 Å². The Morgan fingerprint density at radius 1 is 1.18 bits per heavy atom. The van der Waals surface area contributed by atoms with Gasteiger partial charge in [-0.15, -0.1) is 6.42 Å². The number of fused-ring (bicyclic) bond motifs is 1. The first-order chi connectivity index (χ1) is 13.5. The van der Waals surface area contributed by atoms with Gasteiger partial charge in [0.15, 0.2) is 0 Å². The maximum atomic E-state index is 12.6. The molecule has 0 saturated carbocycles. The highest BCUT2D eigenvalue weighted by molar-refractivity contribution is 7.89. The number of nitrogens with zero attached hydrogens (tertiary/aromatic N) is 2. The third kappa shape index (κ3) is 4.06. The minimum atomic E-state index is -3.70. The standard InChI is InChI=1S/C20H20N4O3S/c1-3-13-21-28(26,27)16-11-9-15(10-12-16)19(25)23-20-22-17-7-5-6-8-18(17)24(20)14-4-2/h1,5-12,21H,4,13-14H2,2H3,(H,22,23,25). The molecule has 0 atom stereocenters. The van der Waals surface area contributed by atoms with E-state index in [1.54, 1.807) is 0 Å². The molecule has 0 unspecified atom stereocenters. The molecule has 0 aliphatic carbocycles. The molecule has 0 spiro atoms. The van der Waals surface area contributed by atoms with Crippen molar-refractivity contribution in [2.45, 2.75) is 24.8 Å². The van der Waals surface area contributed by atoms with Crippen LogP contribution in [0.2, 0.25) is 0 Å². The number of hydrogen-bond acceptors (Lipinski definition) is 4. The van der Waals surface area contributed by atoms with Crippen molar-refractivity contribution in [3.63, 3.8) is 0 Å². The zero-order valence-corrected chi connectivity index (χ0v) is 16.2. The van der Waals surface area contributed by atoms with Gasteiger partial charge in [-0.25, -0.2) is 13.4 Å². The number of benzene rings is 2. The second kappa shape index (κ2) is 8.25. The molecule has 3 rings (SSSR count). The topological polar surface area (TPSA) is 93.1 Å². The predicted molar refractivity (Wildman–Crippen MR) is 108 cm³/mol. The van der Waals surface area contributed by atoms with E-state index in [4.69, 9.17) is 6.42 Å². The fourth-order valence-corrected chi connectivity index (χ4v) is 3.73. The Hall–Kier alpha value is -3.15. The summed E-state index contributed by atoms with van der Waals surface area (Å²) < 4.78 is 28.3. The summed E-state index contributed by atoms with van der Waals surface area (Å²) in [4.78, 5) is 17.2. The van der Waals surface area contributed by atoms with E-state index in [1.807, 2.05) is 35.8 Å². The Morgan fingerprint density at radius 2 is 1.89 bits per heavy atom. The molecule has 1 aromatic heterocycles. The number of nitrogens with one attached hydrogen (secondary N) is 2. The van der Waals surface area contributed by atoms with Crippen LogP contribution in [0.4, 0.5) is 5.95 Å². The summed E-state index contributed by atoms with van der Waals surface area (Å²) in [6.07, 6.45) is 5.96. The lowest BCUT2D eigenvalue weighted by Gasteiger charge is -2.09. The number of anilines is 1. The Balaban J connectivity index is 1.83. The molecule has 0 aliphatic rings. The van der Waals surface area contributed by atoms with E-state index in [0.29, 0.717) is 18.1 Å². The number of terminal acetylenes is 1. The van der Waals surface area contributed by atoms with E-state index in [9.17, 15) is 13.2 Å². The van der Waals surface area contributed by atoms with Crippen LogP contribution in [0.5, 0.6) is 0 Å². The fourth-order valence-electron chi connectivity index (χ4n) is 2.80. The van der Waals surface area contributed by atoms with Crippen LogP contribution in [-0.2, 0) is 16.6 Å². The average Bonchev–Trinajstić information content (AvgIpc) is 3.04. The van der Waals surface area contributed by atoms with Gasteiger partial charge < -0.3 is 4.57 Å². The summed E-state index contributed by atoms with van der Waals surface area (Å²) >= 11 is 0. The van der Waals surface area contributed by atoms with Gasteiger partial charge in [-0.2, -0.15) is 4.72 Å². The summed E-state index contributed by atoms with van der Waals surface area (Å²) in [5, 5.41) is 2.81. The normalized spacial score (nSPS) is 11.3. The van der Waals surface area contributed by atoms with Crippen molar-refractivity contribution in [3.8, 4) is 12.3 Å². The van der Waals surface area contributed by atoms with Gasteiger partial charge in [0.1, 0.15) is 0 Å². The van der Waals surface area contributed by atoms with Crippen molar-refractivity contribution in [3.05, 3.63) is 54.1 Å². The lowest BCUT2D eigenvalue weighted by Crippen LogP contribution is -2.24. The molecule has 1 amide bonds. The van der Waals surface area contributed by atoms with Crippen molar-refractivity contribution in [2.24, 2.45) is 0 Å². The third-order valence-corrected chi connectivity index (χ3v) is 5.54. The van der Waals surface area contributed by atoms with Gasteiger partial charge in [-0.05, 0) is 42.8 Å². The van der Waals surface area contributed by atoms with Gasteiger partial charge in [0, 0.05) is 12.1 Å². The molecule has 0 radical (unpaired) electrons. The van der Waals surface area contributed by atoms with Crippen LogP contribution < -0.4 is 10.0 Å². The van der Waals surface area contributed by atoms with Crippen molar-refractivity contribution < 1.29 is 13.2 Å². The first-order valence-corrected chi connectivity index (χ1v) is 10.2. The van der Waals surface area contributed by atoms with E-state index in [0.717, 1.165) is 17.5 Å². The van der Waals surface area contributed by atoms with Gasteiger partial charge >= 0.3 is 0 Å². The monoisotopic (exact) mass is 396 g/mol. The van der Waals surface area contributed by atoms with E-state index in [1.165, 1.54) is 24.3 Å². The maximum Gasteiger partial charge on any atom is 0.257 e. The minimum absolute atomic E-state index is 0.0394. The number of rotatable bonds is 7. The fraction of sp³-hybridized carbons (Fsp3) is 0.200. The van der Waals surface area contributed by atoms with Crippen molar-refractivity contribution in [1.29, 1.82) is 0 Å². The van der Waals surface area contributed by atoms with Crippen molar-refractivity contribution >= 4 is 32.9 Å². The first-order valence-electron chi connectivity index (χ1n) is 8.76. The van der Waals surface area contributed by atoms with Crippen LogP contribution in [0.1, 0.15) is 23.7 Å². The van der Waals surface area contributed by atoms with E-state index >= 15 is 0 Å². The number of carbonyl (C=O) groups excluding carboxylic acids is 1. The Bertz CT molecular complexity index is 1140. The number of amides is 1. The zero-order valence-electron chi connectivity index (χ0n) is 15.3. The molecule has 1 heterocycles. The van der Waals surface area contributed by atoms with E-state index in [-0.39, 0.29) is 17.3 Å². The summed E-state index contributed by atoms with van der Waals surface area (Å²) in [5.41, 5.74) is 2.07. The smallest absolute Gasteiger partial charge is 0.257 e. The maximum absolute atomic E-state index is 12.6. The van der Waals surface area contributed by atoms with Crippen LogP contribution in [0, 0.1) is 12.3 Å². The molecule has 144 valence electrons. The molecule has 0 saturated heterocycles. The van der Waals surface area contributed by atoms with Crippen LogP contribution in [0.15, 0.2) is 53.4 Å². The molecule has 0 aliphatic heterocycles. The van der Waals surface area contributed by atoms with Crippen molar-refractivity contribution in [1.82, 2.24) is 14.3 Å². The number of aromatic nitrogens is 2.